The normalized spacial score (nSPS) is 28.9. The van der Waals surface area contributed by atoms with Crippen molar-refractivity contribution in [3.05, 3.63) is 11.5 Å². The lowest BCUT2D eigenvalue weighted by Crippen LogP contribution is -2.19. The van der Waals surface area contributed by atoms with Gasteiger partial charge >= 0.3 is 0 Å². The highest BCUT2D eigenvalue weighted by Gasteiger charge is 2.40. The van der Waals surface area contributed by atoms with Gasteiger partial charge in [-0.05, 0) is 43.9 Å². The van der Waals surface area contributed by atoms with E-state index in [0.29, 0.717) is 5.88 Å². The first-order chi connectivity index (χ1) is 9.67. The van der Waals surface area contributed by atoms with Crippen molar-refractivity contribution in [2.24, 2.45) is 24.8 Å². The van der Waals surface area contributed by atoms with Crippen LogP contribution >= 0.6 is 11.6 Å². The first-order valence-electron chi connectivity index (χ1n) is 7.62. The van der Waals surface area contributed by atoms with E-state index in [0.717, 1.165) is 47.0 Å². The molecule has 4 rings (SSSR count). The van der Waals surface area contributed by atoms with Crippen LogP contribution in [-0.4, -0.2) is 19.3 Å². The molecule has 2 bridgehead atoms. The Bertz CT molecular complexity index is 656. The van der Waals surface area contributed by atoms with Gasteiger partial charge in [0.2, 0.25) is 0 Å². The molecule has 3 unspecified atom stereocenters. The second-order valence-electron chi connectivity index (χ2n) is 6.59. The molecule has 0 radical (unpaired) electrons. The first kappa shape index (κ1) is 12.7. The fourth-order valence-corrected chi connectivity index (χ4v) is 4.71. The number of fused-ring (bicyclic) bond motifs is 3. The number of halogens is 1. The van der Waals surface area contributed by atoms with Crippen molar-refractivity contribution in [3.63, 3.8) is 0 Å². The van der Waals surface area contributed by atoms with E-state index < -0.39 is 0 Å². The Labute approximate surface area is 124 Å². The highest BCUT2D eigenvalue weighted by Crippen LogP contribution is 2.49. The lowest BCUT2D eigenvalue weighted by molar-refractivity contribution is 0.295. The molecule has 2 saturated carbocycles. The van der Waals surface area contributed by atoms with Gasteiger partial charge in [-0.3, -0.25) is 4.68 Å². The molecule has 2 aliphatic rings. The number of aromatic nitrogens is 4. The van der Waals surface area contributed by atoms with E-state index in [-0.39, 0.29) is 0 Å². The number of rotatable bonds is 3. The zero-order valence-corrected chi connectivity index (χ0v) is 12.9. The third-order valence-electron chi connectivity index (χ3n) is 5.39. The predicted octanol–water partition coefficient (Wildman–Crippen LogP) is 3.25. The lowest BCUT2D eigenvalue weighted by atomic mass is 9.89. The molecule has 0 N–H and O–H groups in total. The van der Waals surface area contributed by atoms with Crippen molar-refractivity contribution in [2.75, 3.05) is 0 Å². The van der Waals surface area contributed by atoms with E-state index >= 15 is 0 Å². The van der Waals surface area contributed by atoms with Crippen molar-refractivity contribution >= 4 is 22.8 Å². The van der Waals surface area contributed by atoms with Gasteiger partial charge in [0.05, 0.1) is 11.6 Å². The van der Waals surface area contributed by atoms with E-state index in [1.54, 1.807) is 0 Å². The molecular weight excluding hydrogens is 272 g/mol. The van der Waals surface area contributed by atoms with Gasteiger partial charge in [-0.15, -0.1) is 11.6 Å². The molecule has 0 spiro atoms. The second-order valence-corrected chi connectivity index (χ2v) is 6.86. The van der Waals surface area contributed by atoms with Gasteiger partial charge in [-0.1, -0.05) is 6.42 Å². The van der Waals surface area contributed by atoms with Crippen LogP contribution in [0.2, 0.25) is 0 Å². The number of hydrogen-bond donors (Lipinski definition) is 0. The van der Waals surface area contributed by atoms with Crippen LogP contribution in [0.5, 0.6) is 0 Å². The van der Waals surface area contributed by atoms with E-state index in [4.69, 9.17) is 16.6 Å². The average Bonchev–Trinajstić information content (AvgIpc) is 3.14. The van der Waals surface area contributed by atoms with E-state index in [1.807, 2.05) is 18.7 Å². The van der Waals surface area contributed by atoms with Crippen molar-refractivity contribution in [1.82, 2.24) is 19.3 Å². The Morgan fingerprint density at radius 3 is 2.80 bits per heavy atom. The van der Waals surface area contributed by atoms with Crippen LogP contribution in [0, 0.1) is 24.7 Å². The van der Waals surface area contributed by atoms with E-state index in [2.05, 4.69) is 9.67 Å². The summed E-state index contributed by atoms with van der Waals surface area (Å²) < 4.78 is 4.29. The largest absolute Gasteiger partial charge is 0.312 e. The van der Waals surface area contributed by atoms with Crippen molar-refractivity contribution in [2.45, 2.75) is 45.0 Å². The summed E-state index contributed by atoms with van der Waals surface area (Å²) in [6.07, 6.45) is 5.72. The Morgan fingerprint density at radius 2 is 2.15 bits per heavy atom. The molecule has 3 atom stereocenters. The molecule has 0 amide bonds. The standard InChI is InChI=1S/C15H21ClN4/c1-9-14-15(19(2)18-9)20(13(7-16)17-14)8-12-6-10-3-4-11(12)5-10/h10-12H,3-8H2,1-2H3. The minimum absolute atomic E-state index is 0.481. The van der Waals surface area contributed by atoms with Crippen LogP contribution in [0.25, 0.3) is 11.2 Å². The maximum Gasteiger partial charge on any atom is 0.158 e. The summed E-state index contributed by atoms with van der Waals surface area (Å²) in [5.41, 5.74) is 3.16. The van der Waals surface area contributed by atoms with Gasteiger partial charge in [0.25, 0.3) is 0 Å². The lowest BCUT2D eigenvalue weighted by Gasteiger charge is -2.23. The Hall–Kier alpha value is -1.03. The van der Waals surface area contributed by atoms with Crippen LogP contribution in [0.3, 0.4) is 0 Å². The summed E-state index contributed by atoms with van der Waals surface area (Å²) in [5.74, 6) is 4.20. The van der Waals surface area contributed by atoms with Gasteiger partial charge in [0.15, 0.2) is 5.65 Å². The first-order valence-corrected chi connectivity index (χ1v) is 8.15. The number of imidazole rings is 1. The summed E-state index contributed by atoms with van der Waals surface area (Å²) >= 11 is 6.12. The van der Waals surface area contributed by atoms with Crippen molar-refractivity contribution in [1.29, 1.82) is 0 Å². The molecule has 0 aliphatic heterocycles. The SMILES string of the molecule is Cc1nn(C)c2c1nc(CCl)n2CC1CC2CCC1C2. The molecule has 20 heavy (non-hydrogen) atoms. The molecule has 2 aliphatic carbocycles. The van der Waals surface area contributed by atoms with Gasteiger partial charge in [-0.25, -0.2) is 4.98 Å². The third kappa shape index (κ3) is 1.73. The summed E-state index contributed by atoms with van der Waals surface area (Å²) in [5, 5.41) is 4.50. The van der Waals surface area contributed by atoms with Gasteiger partial charge in [-0.2, -0.15) is 5.10 Å². The smallest absolute Gasteiger partial charge is 0.158 e. The highest BCUT2D eigenvalue weighted by molar-refractivity contribution is 6.16. The Morgan fingerprint density at radius 1 is 1.30 bits per heavy atom. The molecule has 2 aromatic heterocycles. The minimum Gasteiger partial charge on any atom is -0.312 e. The molecule has 4 nitrogen and oxygen atoms in total. The van der Waals surface area contributed by atoms with Crippen LogP contribution in [0.1, 0.15) is 37.2 Å². The minimum atomic E-state index is 0.481. The molecule has 2 fully saturated rings. The fraction of sp³-hybridized carbons (Fsp3) is 0.733. The fourth-order valence-electron chi connectivity index (χ4n) is 4.51. The maximum atomic E-state index is 6.12. The number of nitrogens with zero attached hydrogens (tertiary/aromatic N) is 4. The molecular formula is C15H21ClN4. The van der Waals surface area contributed by atoms with Gasteiger partial charge < -0.3 is 4.57 Å². The average molecular weight is 293 g/mol. The molecule has 2 aromatic rings. The summed E-state index contributed by atoms with van der Waals surface area (Å²) in [7, 11) is 2.01. The highest BCUT2D eigenvalue weighted by atomic mass is 35.5. The molecule has 5 heteroatoms. The van der Waals surface area contributed by atoms with Gasteiger partial charge in [0.1, 0.15) is 11.3 Å². The quantitative estimate of drug-likeness (QED) is 0.814. The molecule has 0 saturated heterocycles. The summed E-state index contributed by atoms with van der Waals surface area (Å²) in [6.45, 7) is 3.09. The van der Waals surface area contributed by atoms with Crippen LogP contribution < -0.4 is 0 Å². The Kier molecular flexibility index (Phi) is 2.85. The van der Waals surface area contributed by atoms with Gasteiger partial charge in [0, 0.05) is 13.6 Å². The van der Waals surface area contributed by atoms with Crippen molar-refractivity contribution in [3.8, 4) is 0 Å². The van der Waals surface area contributed by atoms with E-state index in [9.17, 15) is 0 Å². The zero-order chi connectivity index (χ0) is 13.9. The number of aryl methyl sites for hydroxylation is 2. The monoisotopic (exact) mass is 292 g/mol. The number of hydrogen-bond acceptors (Lipinski definition) is 2. The summed E-state index contributed by atoms with van der Waals surface area (Å²) in [6, 6.07) is 0. The Balaban J connectivity index is 1.74. The van der Waals surface area contributed by atoms with Crippen LogP contribution in [0.4, 0.5) is 0 Å². The zero-order valence-electron chi connectivity index (χ0n) is 12.1. The number of alkyl halides is 1. The third-order valence-corrected chi connectivity index (χ3v) is 5.63. The second kappa shape index (κ2) is 4.48. The molecule has 0 aromatic carbocycles. The molecule has 108 valence electrons. The van der Waals surface area contributed by atoms with E-state index in [1.165, 1.54) is 25.7 Å². The topological polar surface area (TPSA) is 35.6 Å². The van der Waals surface area contributed by atoms with Crippen molar-refractivity contribution < 1.29 is 0 Å². The maximum absolute atomic E-state index is 6.12. The predicted molar refractivity (Wildman–Crippen MR) is 79.7 cm³/mol. The molecule has 2 heterocycles. The van der Waals surface area contributed by atoms with Crippen LogP contribution in [0.15, 0.2) is 0 Å². The summed E-state index contributed by atoms with van der Waals surface area (Å²) in [4.78, 5) is 4.70. The van der Waals surface area contributed by atoms with Crippen LogP contribution in [-0.2, 0) is 19.5 Å².